The number of rotatable bonds is 3. The second-order valence-electron chi connectivity index (χ2n) is 6.32. The van der Waals surface area contributed by atoms with E-state index in [1.165, 1.54) is 6.07 Å². The van der Waals surface area contributed by atoms with Crippen LogP contribution in [0.15, 0.2) is 24.3 Å². The van der Waals surface area contributed by atoms with Crippen molar-refractivity contribution in [1.82, 2.24) is 4.90 Å². The lowest BCUT2D eigenvalue weighted by molar-refractivity contribution is -0.384. The van der Waals surface area contributed by atoms with E-state index in [9.17, 15) is 14.9 Å². The Morgan fingerprint density at radius 3 is 2.50 bits per heavy atom. The molecule has 2 saturated heterocycles. The minimum Gasteiger partial charge on any atom is -0.381 e. The molecule has 130 valence electrons. The zero-order chi connectivity index (χ0) is 17.2. The van der Waals surface area contributed by atoms with Gasteiger partial charge in [-0.05, 0) is 18.9 Å². The first-order valence-electron chi connectivity index (χ1n) is 8.15. The summed E-state index contributed by atoms with van der Waals surface area (Å²) in [6.07, 6.45) is 1.11. The summed E-state index contributed by atoms with van der Waals surface area (Å²) in [5.41, 5.74) is 6.35. The third-order valence-corrected chi connectivity index (χ3v) is 4.78. The van der Waals surface area contributed by atoms with Crippen LogP contribution in [0, 0.1) is 10.1 Å². The number of hydrogen-bond donors (Lipinski definition) is 1. The number of nitrogens with two attached hydrogens (primary N) is 1. The van der Waals surface area contributed by atoms with Crippen molar-refractivity contribution in [3.8, 4) is 0 Å². The molecule has 0 aromatic heterocycles. The van der Waals surface area contributed by atoms with Crippen LogP contribution in [-0.2, 0) is 9.53 Å². The molecule has 0 aliphatic carbocycles. The topological polar surface area (TPSA) is 102 Å². The summed E-state index contributed by atoms with van der Waals surface area (Å²) in [6, 6.07) is 6.59. The minimum absolute atomic E-state index is 0.00973. The first kappa shape index (κ1) is 16.7. The smallest absolute Gasteiger partial charge is 0.271 e. The summed E-state index contributed by atoms with van der Waals surface area (Å²) in [5, 5.41) is 10.9. The minimum atomic E-state index is -0.814. The van der Waals surface area contributed by atoms with E-state index in [2.05, 4.69) is 4.90 Å². The molecule has 2 heterocycles. The van der Waals surface area contributed by atoms with Gasteiger partial charge in [-0.25, -0.2) is 0 Å². The second kappa shape index (κ2) is 6.74. The number of carbonyl (C=O) groups is 1. The molecule has 3 rings (SSSR count). The first-order chi connectivity index (χ1) is 11.5. The summed E-state index contributed by atoms with van der Waals surface area (Å²) in [7, 11) is 0. The molecule has 0 bridgehead atoms. The lowest BCUT2D eigenvalue weighted by Gasteiger charge is -2.41. The molecule has 2 aliphatic rings. The quantitative estimate of drug-likeness (QED) is 0.646. The molecule has 2 aliphatic heterocycles. The average molecular weight is 334 g/mol. The maximum atomic E-state index is 12.7. The van der Waals surface area contributed by atoms with Crippen molar-refractivity contribution in [2.75, 3.05) is 44.3 Å². The normalized spacial score (nSPS) is 20.7. The Balaban J connectivity index is 1.62. The van der Waals surface area contributed by atoms with E-state index in [1.807, 2.05) is 6.07 Å². The highest BCUT2D eigenvalue weighted by atomic mass is 16.6. The van der Waals surface area contributed by atoms with Crippen LogP contribution in [0.2, 0.25) is 0 Å². The highest BCUT2D eigenvalue weighted by Gasteiger charge is 2.39. The third-order valence-electron chi connectivity index (χ3n) is 4.78. The van der Waals surface area contributed by atoms with E-state index in [-0.39, 0.29) is 11.6 Å². The molecule has 2 N–H and O–H groups in total. The van der Waals surface area contributed by atoms with Gasteiger partial charge in [-0.3, -0.25) is 14.9 Å². The SMILES string of the molecule is NC1(C(=O)N2CCN(c3cccc([N+](=O)[O-])c3)CC2)CCOCC1. The molecule has 0 atom stereocenters. The van der Waals surface area contributed by atoms with Gasteiger partial charge in [0.15, 0.2) is 0 Å². The number of anilines is 1. The van der Waals surface area contributed by atoms with Crippen LogP contribution in [0.5, 0.6) is 0 Å². The van der Waals surface area contributed by atoms with Gasteiger partial charge in [0.2, 0.25) is 5.91 Å². The second-order valence-corrected chi connectivity index (χ2v) is 6.32. The standard InChI is InChI=1S/C16H22N4O4/c17-16(4-10-24-11-5-16)15(21)19-8-6-18(7-9-19)13-2-1-3-14(12-13)20(22)23/h1-3,12H,4-11,17H2. The molecule has 1 aromatic rings. The van der Waals surface area contributed by atoms with E-state index >= 15 is 0 Å². The van der Waals surface area contributed by atoms with E-state index in [4.69, 9.17) is 10.5 Å². The number of non-ortho nitro benzene ring substituents is 1. The molecule has 0 radical (unpaired) electrons. The van der Waals surface area contributed by atoms with Gasteiger partial charge in [0.1, 0.15) is 0 Å². The molecule has 0 unspecified atom stereocenters. The number of nitro benzene ring substituents is 1. The van der Waals surface area contributed by atoms with Crippen LogP contribution in [0.25, 0.3) is 0 Å². The summed E-state index contributed by atoms with van der Waals surface area (Å²) in [5.74, 6) is -0.00973. The van der Waals surface area contributed by atoms with Gasteiger partial charge in [0.25, 0.3) is 5.69 Å². The largest absolute Gasteiger partial charge is 0.381 e. The van der Waals surface area contributed by atoms with Crippen LogP contribution in [-0.4, -0.2) is 60.7 Å². The van der Waals surface area contributed by atoms with Crippen molar-refractivity contribution in [3.05, 3.63) is 34.4 Å². The fraction of sp³-hybridized carbons (Fsp3) is 0.562. The van der Waals surface area contributed by atoms with Crippen molar-refractivity contribution in [1.29, 1.82) is 0 Å². The molecule has 0 saturated carbocycles. The lowest BCUT2D eigenvalue weighted by Crippen LogP contribution is -2.61. The summed E-state index contributed by atoms with van der Waals surface area (Å²) in [6.45, 7) is 3.47. The Morgan fingerprint density at radius 1 is 1.21 bits per heavy atom. The maximum absolute atomic E-state index is 12.7. The summed E-state index contributed by atoms with van der Waals surface area (Å²) < 4.78 is 5.29. The zero-order valence-corrected chi connectivity index (χ0v) is 13.5. The maximum Gasteiger partial charge on any atom is 0.271 e. The summed E-state index contributed by atoms with van der Waals surface area (Å²) in [4.78, 5) is 27.1. The van der Waals surface area contributed by atoms with E-state index < -0.39 is 10.5 Å². The van der Waals surface area contributed by atoms with Crippen LogP contribution in [0.3, 0.4) is 0 Å². The van der Waals surface area contributed by atoms with Gasteiger partial charge in [-0.15, -0.1) is 0 Å². The molecule has 1 aromatic carbocycles. The fourth-order valence-electron chi connectivity index (χ4n) is 3.24. The van der Waals surface area contributed by atoms with Gasteiger partial charge in [-0.1, -0.05) is 6.07 Å². The average Bonchev–Trinajstić information content (AvgIpc) is 2.62. The van der Waals surface area contributed by atoms with Gasteiger partial charge >= 0.3 is 0 Å². The Hall–Kier alpha value is -2.19. The van der Waals surface area contributed by atoms with Crippen molar-refractivity contribution in [2.45, 2.75) is 18.4 Å². The molecule has 0 spiro atoms. The number of nitrogens with zero attached hydrogens (tertiary/aromatic N) is 3. The van der Waals surface area contributed by atoms with Gasteiger partial charge < -0.3 is 20.3 Å². The van der Waals surface area contributed by atoms with Crippen LogP contribution < -0.4 is 10.6 Å². The molecule has 2 fully saturated rings. The van der Waals surface area contributed by atoms with E-state index in [0.29, 0.717) is 52.2 Å². The van der Waals surface area contributed by atoms with Crippen LogP contribution in [0.4, 0.5) is 11.4 Å². The number of benzene rings is 1. The first-order valence-corrected chi connectivity index (χ1v) is 8.15. The summed E-state index contributed by atoms with van der Waals surface area (Å²) >= 11 is 0. The zero-order valence-electron chi connectivity index (χ0n) is 13.5. The van der Waals surface area contributed by atoms with E-state index in [0.717, 1.165) is 5.69 Å². The van der Waals surface area contributed by atoms with Gasteiger partial charge in [-0.2, -0.15) is 0 Å². The monoisotopic (exact) mass is 334 g/mol. The van der Waals surface area contributed by atoms with Crippen molar-refractivity contribution < 1.29 is 14.5 Å². The predicted octanol–water partition coefficient (Wildman–Crippen LogP) is 0.751. The third kappa shape index (κ3) is 3.34. The van der Waals surface area contributed by atoms with Gasteiger partial charge in [0.05, 0.1) is 10.5 Å². The highest BCUT2D eigenvalue weighted by Crippen LogP contribution is 2.24. The molecular formula is C16H22N4O4. The Bertz CT molecular complexity index is 622. The van der Waals surface area contributed by atoms with Crippen LogP contribution in [0.1, 0.15) is 12.8 Å². The number of amides is 1. The number of carbonyl (C=O) groups excluding carboxylic acids is 1. The Labute approximate surface area is 140 Å². The van der Waals surface area contributed by atoms with E-state index in [1.54, 1.807) is 17.0 Å². The van der Waals surface area contributed by atoms with Gasteiger partial charge in [0, 0.05) is 57.2 Å². The highest BCUT2D eigenvalue weighted by molar-refractivity contribution is 5.86. The molecule has 8 nitrogen and oxygen atoms in total. The molecule has 24 heavy (non-hydrogen) atoms. The van der Waals surface area contributed by atoms with Crippen LogP contribution >= 0.6 is 0 Å². The van der Waals surface area contributed by atoms with Crippen molar-refractivity contribution >= 4 is 17.3 Å². The lowest BCUT2D eigenvalue weighted by atomic mass is 9.89. The Morgan fingerprint density at radius 2 is 1.88 bits per heavy atom. The van der Waals surface area contributed by atoms with Crippen molar-refractivity contribution in [3.63, 3.8) is 0 Å². The number of nitro groups is 1. The predicted molar refractivity (Wildman–Crippen MR) is 88.9 cm³/mol. The number of ether oxygens (including phenoxy) is 1. The Kier molecular flexibility index (Phi) is 4.68. The molecular weight excluding hydrogens is 312 g/mol. The molecule has 8 heteroatoms. The van der Waals surface area contributed by atoms with Crippen molar-refractivity contribution in [2.24, 2.45) is 5.73 Å². The fourth-order valence-corrected chi connectivity index (χ4v) is 3.24. The molecule has 1 amide bonds. The number of piperazine rings is 1. The number of hydrogen-bond acceptors (Lipinski definition) is 6.